The van der Waals surface area contributed by atoms with Crippen molar-refractivity contribution in [2.45, 2.75) is 0 Å². The molecular weight excluding hydrogens is 308 g/mol. The predicted molar refractivity (Wildman–Crippen MR) is 32.6 cm³/mol. The van der Waals surface area contributed by atoms with Crippen molar-refractivity contribution in [1.29, 1.82) is 0 Å². The van der Waals surface area contributed by atoms with E-state index >= 15 is 0 Å². The second-order valence-corrected chi connectivity index (χ2v) is 2.88. The molecule has 0 saturated carbocycles. The average molecular weight is 310 g/mol. The number of phosphoric ester groups is 1. The molecule has 0 aromatic carbocycles. The van der Waals surface area contributed by atoms with E-state index in [1.807, 2.05) is 0 Å². The standard InChI is InChI=1S/C2H4IO5P.2Na/c3-1-2(4)8-9(5,6)7;;/h1H2,(H2,5,6,7);;/q;2*+1/p-2. The maximum absolute atomic E-state index is 10.0. The zero-order valence-corrected chi connectivity index (χ0v) is 13.1. The van der Waals surface area contributed by atoms with Gasteiger partial charge in [0.25, 0.3) is 0 Å². The van der Waals surface area contributed by atoms with Crippen LogP contribution in [-0.2, 0) is 13.9 Å². The Morgan fingerprint density at radius 2 is 1.82 bits per heavy atom. The minimum absolute atomic E-state index is 0. The van der Waals surface area contributed by atoms with Crippen LogP contribution in [0.5, 0.6) is 0 Å². The van der Waals surface area contributed by atoms with Crippen molar-refractivity contribution in [3.05, 3.63) is 0 Å². The number of rotatable bonds is 2. The van der Waals surface area contributed by atoms with Gasteiger partial charge in [0.1, 0.15) is 7.82 Å². The van der Waals surface area contributed by atoms with Crippen LogP contribution in [-0.4, -0.2) is 10.4 Å². The average Bonchev–Trinajstić information content (AvgIpc) is 1.62. The van der Waals surface area contributed by atoms with E-state index in [1.165, 1.54) is 0 Å². The van der Waals surface area contributed by atoms with Crippen molar-refractivity contribution in [3.63, 3.8) is 0 Å². The molecule has 0 aliphatic rings. The summed E-state index contributed by atoms with van der Waals surface area (Å²) < 4.78 is 12.9. The Morgan fingerprint density at radius 3 is 1.91 bits per heavy atom. The van der Waals surface area contributed by atoms with Gasteiger partial charge in [-0.05, 0) is 0 Å². The van der Waals surface area contributed by atoms with Crippen molar-refractivity contribution >= 4 is 36.4 Å². The van der Waals surface area contributed by atoms with Gasteiger partial charge >= 0.3 is 65.1 Å². The summed E-state index contributed by atoms with van der Waals surface area (Å²) in [4.78, 5) is 29.3. The third kappa shape index (κ3) is 15.1. The molecule has 5 nitrogen and oxygen atoms in total. The first-order valence-corrected chi connectivity index (χ1v) is 4.75. The number of halogens is 1. The Bertz CT molecular complexity index is 157. The first-order chi connectivity index (χ1) is 3.95. The Labute approximate surface area is 122 Å². The molecule has 0 saturated heterocycles. The topological polar surface area (TPSA) is 89.5 Å². The summed E-state index contributed by atoms with van der Waals surface area (Å²) in [5.74, 6) is -1.04. The van der Waals surface area contributed by atoms with Gasteiger partial charge in [-0.3, -0.25) is 4.79 Å². The minimum Gasteiger partial charge on any atom is -0.780 e. The molecule has 0 aromatic heterocycles. The van der Waals surface area contributed by atoms with Gasteiger partial charge in [0.2, 0.25) is 0 Å². The Kier molecular flexibility index (Phi) is 15.4. The quantitative estimate of drug-likeness (QED) is 0.219. The SMILES string of the molecule is O=C(CI)OP(=O)([O-])[O-].[Na+].[Na+]. The summed E-state index contributed by atoms with van der Waals surface area (Å²) in [6.45, 7) is 0. The van der Waals surface area contributed by atoms with Crippen molar-refractivity contribution in [3.8, 4) is 0 Å². The number of carbonyl (C=O) groups excluding carboxylic acids is 1. The van der Waals surface area contributed by atoms with Crippen LogP contribution in [0.3, 0.4) is 0 Å². The summed E-state index contributed by atoms with van der Waals surface area (Å²) in [5, 5.41) is 0. The number of phosphoric acid groups is 1. The van der Waals surface area contributed by atoms with Crippen molar-refractivity contribution in [2.75, 3.05) is 4.43 Å². The van der Waals surface area contributed by atoms with Crippen LogP contribution in [0.25, 0.3) is 0 Å². The molecule has 0 bridgehead atoms. The van der Waals surface area contributed by atoms with Crippen LogP contribution in [0.1, 0.15) is 0 Å². The third-order valence-electron chi connectivity index (χ3n) is 0.323. The van der Waals surface area contributed by atoms with Gasteiger partial charge in [-0.1, -0.05) is 22.6 Å². The third-order valence-corrected chi connectivity index (χ3v) is 1.37. The van der Waals surface area contributed by atoms with Gasteiger partial charge in [-0.2, -0.15) is 0 Å². The molecule has 0 atom stereocenters. The molecule has 0 amide bonds. The second kappa shape index (κ2) is 8.93. The molecule has 54 valence electrons. The van der Waals surface area contributed by atoms with Crippen LogP contribution in [0, 0.1) is 0 Å². The molecule has 9 heteroatoms. The fraction of sp³-hybridized carbons (Fsp3) is 0.500. The number of hydrogen-bond acceptors (Lipinski definition) is 5. The minimum atomic E-state index is -5.09. The molecule has 0 aliphatic heterocycles. The molecule has 0 aromatic rings. The van der Waals surface area contributed by atoms with Crippen LogP contribution in [0.2, 0.25) is 0 Å². The molecule has 0 aliphatic carbocycles. The molecule has 0 fully saturated rings. The van der Waals surface area contributed by atoms with E-state index in [-0.39, 0.29) is 63.5 Å². The van der Waals surface area contributed by atoms with Crippen molar-refractivity contribution in [1.82, 2.24) is 0 Å². The molecule has 11 heavy (non-hydrogen) atoms. The summed E-state index contributed by atoms with van der Waals surface area (Å²) >= 11 is 1.58. The Hall–Kier alpha value is 2.35. The zero-order valence-electron chi connectivity index (χ0n) is 6.07. The first-order valence-electron chi connectivity index (χ1n) is 1.76. The van der Waals surface area contributed by atoms with E-state index in [0.29, 0.717) is 0 Å². The number of alkyl halides is 1. The van der Waals surface area contributed by atoms with Crippen molar-refractivity contribution in [2.24, 2.45) is 0 Å². The van der Waals surface area contributed by atoms with E-state index < -0.39 is 13.8 Å². The van der Waals surface area contributed by atoms with Crippen LogP contribution < -0.4 is 68.9 Å². The molecule has 0 spiro atoms. The monoisotopic (exact) mass is 310 g/mol. The maximum Gasteiger partial charge on any atom is 1.00 e. The molecule has 0 N–H and O–H groups in total. The van der Waals surface area contributed by atoms with Gasteiger partial charge < -0.3 is 18.9 Å². The van der Waals surface area contributed by atoms with Crippen LogP contribution in [0.4, 0.5) is 0 Å². The van der Waals surface area contributed by atoms with Gasteiger partial charge in [0.15, 0.2) is 0 Å². The summed E-state index contributed by atoms with van der Waals surface area (Å²) in [6, 6.07) is 0. The van der Waals surface area contributed by atoms with E-state index in [0.717, 1.165) is 0 Å². The van der Waals surface area contributed by atoms with Crippen molar-refractivity contribution < 1.29 is 82.8 Å². The van der Waals surface area contributed by atoms with Gasteiger partial charge in [-0.15, -0.1) is 0 Å². The normalized spacial score (nSPS) is 9.00. The summed E-state index contributed by atoms with van der Waals surface area (Å²) in [6.07, 6.45) is 0. The Morgan fingerprint density at radius 1 is 1.45 bits per heavy atom. The second-order valence-electron chi connectivity index (χ2n) is 1.04. The van der Waals surface area contributed by atoms with Gasteiger partial charge in [0, 0.05) is 0 Å². The molecule has 0 rings (SSSR count). The summed E-state index contributed by atoms with van der Waals surface area (Å²) in [7, 11) is -5.09. The van der Waals surface area contributed by atoms with E-state index in [4.69, 9.17) is 0 Å². The molecule has 0 unspecified atom stereocenters. The Balaban J connectivity index is -0.000000320. The van der Waals surface area contributed by atoms with E-state index in [1.54, 1.807) is 22.6 Å². The first kappa shape index (κ1) is 19.0. The maximum atomic E-state index is 10.0. The largest absolute Gasteiger partial charge is 1.00 e. The zero-order chi connectivity index (χ0) is 7.49. The van der Waals surface area contributed by atoms with Crippen LogP contribution >= 0.6 is 30.4 Å². The van der Waals surface area contributed by atoms with Gasteiger partial charge in [-0.25, -0.2) is 0 Å². The molecule has 0 heterocycles. The number of hydrogen-bond donors (Lipinski definition) is 0. The van der Waals surface area contributed by atoms with E-state index in [2.05, 4.69) is 4.52 Å². The number of carbonyl (C=O) groups is 1. The summed E-state index contributed by atoms with van der Waals surface area (Å²) in [5.41, 5.74) is 0. The van der Waals surface area contributed by atoms with Gasteiger partial charge in [0.05, 0.1) is 4.43 Å². The smallest absolute Gasteiger partial charge is 0.780 e. The van der Waals surface area contributed by atoms with E-state index in [9.17, 15) is 19.1 Å². The van der Waals surface area contributed by atoms with Crippen LogP contribution in [0.15, 0.2) is 0 Å². The molecule has 0 radical (unpaired) electrons. The predicted octanol–water partition coefficient (Wildman–Crippen LogP) is -7.20. The fourth-order valence-electron chi connectivity index (χ4n) is 0.149. The molecular formula is C2H2INa2O5P. The fourth-order valence-corrected chi connectivity index (χ4v) is 0.865.